The number of amides is 1. The average molecular weight is 298 g/mol. The van der Waals surface area contributed by atoms with Crippen LogP contribution in [-0.4, -0.2) is 37.5 Å². The minimum atomic E-state index is 0. The van der Waals surface area contributed by atoms with Crippen molar-refractivity contribution >= 4 is 18.3 Å². The highest BCUT2D eigenvalue weighted by molar-refractivity contribution is 5.85. The van der Waals surface area contributed by atoms with E-state index in [1.807, 2.05) is 6.07 Å². The van der Waals surface area contributed by atoms with Gasteiger partial charge in [-0.15, -0.1) is 12.4 Å². The topological polar surface area (TPSA) is 44.4 Å². The third kappa shape index (κ3) is 5.12. The van der Waals surface area contributed by atoms with E-state index in [9.17, 15) is 4.79 Å². The van der Waals surface area contributed by atoms with Gasteiger partial charge in [0.15, 0.2) is 0 Å². The molecule has 0 unspecified atom stereocenters. The lowest BCUT2D eigenvalue weighted by Crippen LogP contribution is -2.32. The van der Waals surface area contributed by atoms with Gasteiger partial charge in [-0.3, -0.25) is 9.69 Å². The SMILES string of the molecule is CNCC(=O)NCc1ccccc1CN1CCCC1.Cl. The van der Waals surface area contributed by atoms with Gasteiger partial charge in [-0.05, 0) is 44.1 Å². The van der Waals surface area contributed by atoms with Crippen LogP contribution in [0, 0.1) is 0 Å². The maximum absolute atomic E-state index is 11.5. The Kier molecular flexibility index (Phi) is 7.59. The predicted molar refractivity (Wildman–Crippen MR) is 84.0 cm³/mol. The number of nitrogens with zero attached hydrogens (tertiary/aromatic N) is 1. The smallest absolute Gasteiger partial charge is 0.234 e. The second kappa shape index (κ2) is 8.95. The summed E-state index contributed by atoms with van der Waals surface area (Å²) in [4.78, 5) is 14.0. The summed E-state index contributed by atoms with van der Waals surface area (Å²) >= 11 is 0. The highest BCUT2D eigenvalue weighted by Gasteiger charge is 2.13. The maximum atomic E-state index is 11.5. The second-order valence-electron chi connectivity index (χ2n) is 5.06. The van der Waals surface area contributed by atoms with Gasteiger partial charge in [-0.2, -0.15) is 0 Å². The van der Waals surface area contributed by atoms with Crippen LogP contribution >= 0.6 is 12.4 Å². The van der Waals surface area contributed by atoms with Crippen molar-refractivity contribution in [2.24, 2.45) is 0 Å². The summed E-state index contributed by atoms with van der Waals surface area (Å²) in [5.74, 6) is 0.0403. The number of nitrogens with one attached hydrogen (secondary N) is 2. The Balaban J connectivity index is 0.00000200. The van der Waals surface area contributed by atoms with Crippen LogP contribution < -0.4 is 10.6 Å². The third-order valence-corrected chi connectivity index (χ3v) is 3.52. The summed E-state index contributed by atoms with van der Waals surface area (Å²) in [5, 5.41) is 5.80. The van der Waals surface area contributed by atoms with Gasteiger partial charge < -0.3 is 10.6 Å². The van der Waals surface area contributed by atoms with Crippen LogP contribution in [0.15, 0.2) is 24.3 Å². The molecule has 0 bridgehead atoms. The molecular formula is C15H24ClN3O. The molecule has 0 aromatic heterocycles. The molecule has 20 heavy (non-hydrogen) atoms. The van der Waals surface area contributed by atoms with E-state index in [1.54, 1.807) is 7.05 Å². The fraction of sp³-hybridized carbons (Fsp3) is 0.533. The number of hydrogen-bond donors (Lipinski definition) is 2. The molecule has 2 rings (SSSR count). The van der Waals surface area contributed by atoms with Gasteiger partial charge in [0.1, 0.15) is 0 Å². The molecule has 112 valence electrons. The predicted octanol–water partition coefficient (Wildman–Crippen LogP) is 1.54. The lowest BCUT2D eigenvalue weighted by molar-refractivity contribution is -0.120. The normalized spacial score (nSPS) is 14.8. The van der Waals surface area contributed by atoms with Gasteiger partial charge in [0.25, 0.3) is 0 Å². The fourth-order valence-electron chi connectivity index (χ4n) is 2.48. The Morgan fingerprint density at radius 2 is 1.85 bits per heavy atom. The van der Waals surface area contributed by atoms with Crippen molar-refractivity contribution in [3.8, 4) is 0 Å². The van der Waals surface area contributed by atoms with Crippen molar-refractivity contribution in [1.29, 1.82) is 0 Å². The van der Waals surface area contributed by atoms with E-state index in [1.165, 1.54) is 37.1 Å². The molecule has 1 aliphatic heterocycles. The van der Waals surface area contributed by atoms with E-state index in [0.717, 1.165) is 6.54 Å². The Morgan fingerprint density at radius 1 is 1.20 bits per heavy atom. The van der Waals surface area contributed by atoms with Crippen LogP contribution in [0.2, 0.25) is 0 Å². The first-order valence-electron chi connectivity index (χ1n) is 7.00. The molecule has 1 aromatic carbocycles. The largest absolute Gasteiger partial charge is 0.351 e. The van der Waals surface area contributed by atoms with Gasteiger partial charge >= 0.3 is 0 Å². The number of likely N-dealkylation sites (tertiary alicyclic amines) is 1. The molecule has 4 nitrogen and oxygen atoms in total. The first-order valence-corrected chi connectivity index (χ1v) is 7.00. The standard InChI is InChI=1S/C15H23N3O.ClH/c1-16-11-15(19)17-10-13-6-2-3-7-14(13)12-18-8-4-5-9-18;/h2-3,6-7,16H,4-5,8-12H2,1H3,(H,17,19);1H. The summed E-state index contributed by atoms with van der Waals surface area (Å²) < 4.78 is 0. The summed E-state index contributed by atoms with van der Waals surface area (Å²) in [6.07, 6.45) is 2.61. The molecule has 0 saturated carbocycles. The van der Waals surface area contributed by atoms with Crippen molar-refractivity contribution in [2.75, 3.05) is 26.7 Å². The first kappa shape index (κ1) is 17.0. The van der Waals surface area contributed by atoms with E-state index >= 15 is 0 Å². The summed E-state index contributed by atoms with van der Waals surface area (Å²) in [5.41, 5.74) is 2.55. The molecule has 1 amide bonds. The quantitative estimate of drug-likeness (QED) is 0.837. The van der Waals surface area contributed by atoms with Crippen molar-refractivity contribution < 1.29 is 4.79 Å². The molecule has 0 spiro atoms. The molecule has 1 heterocycles. The number of halogens is 1. The van der Waals surface area contributed by atoms with Gasteiger partial charge in [0.2, 0.25) is 5.91 Å². The molecule has 0 atom stereocenters. The van der Waals surface area contributed by atoms with E-state index < -0.39 is 0 Å². The van der Waals surface area contributed by atoms with E-state index in [2.05, 4.69) is 33.7 Å². The van der Waals surface area contributed by atoms with Crippen molar-refractivity contribution in [1.82, 2.24) is 15.5 Å². The molecule has 1 fully saturated rings. The Hall–Kier alpha value is -1.10. The highest BCUT2D eigenvalue weighted by atomic mass is 35.5. The average Bonchev–Trinajstić information content (AvgIpc) is 2.91. The monoisotopic (exact) mass is 297 g/mol. The van der Waals surface area contributed by atoms with Crippen LogP contribution in [0.3, 0.4) is 0 Å². The highest BCUT2D eigenvalue weighted by Crippen LogP contribution is 2.15. The van der Waals surface area contributed by atoms with E-state index in [0.29, 0.717) is 13.1 Å². The van der Waals surface area contributed by atoms with Gasteiger partial charge in [0, 0.05) is 13.1 Å². The third-order valence-electron chi connectivity index (χ3n) is 3.52. The second-order valence-corrected chi connectivity index (χ2v) is 5.06. The Labute approximate surface area is 127 Å². The van der Waals surface area contributed by atoms with Crippen molar-refractivity contribution in [2.45, 2.75) is 25.9 Å². The minimum Gasteiger partial charge on any atom is -0.351 e. The summed E-state index contributed by atoms with van der Waals surface area (Å²) in [6.45, 7) is 4.37. The number of benzene rings is 1. The van der Waals surface area contributed by atoms with Crippen LogP contribution in [-0.2, 0) is 17.9 Å². The maximum Gasteiger partial charge on any atom is 0.234 e. The van der Waals surface area contributed by atoms with Gasteiger partial charge in [-0.1, -0.05) is 24.3 Å². The zero-order valence-corrected chi connectivity index (χ0v) is 12.8. The van der Waals surface area contributed by atoms with Crippen LogP contribution in [0.5, 0.6) is 0 Å². The van der Waals surface area contributed by atoms with Gasteiger partial charge in [0.05, 0.1) is 6.54 Å². The first-order chi connectivity index (χ1) is 9.29. The van der Waals surface area contributed by atoms with E-state index in [-0.39, 0.29) is 18.3 Å². The van der Waals surface area contributed by atoms with Crippen molar-refractivity contribution in [3.05, 3.63) is 35.4 Å². The molecule has 5 heteroatoms. The molecule has 1 aliphatic rings. The number of likely N-dealkylation sites (N-methyl/N-ethyl adjacent to an activating group) is 1. The van der Waals surface area contributed by atoms with Crippen LogP contribution in [0.4, 0.5) is 0 Å². The zero-order chi connectivity index (χ0) is 13.5. The molecule has 1 aromatic rings. The summed E-state index contributed by atoms with van der Waals surface area (Å²) in [6, 6.07) is 8.38. The molecule has 2 N–H and O–H groups in total. The summed E-state index contributed by atoms with van der Waals surface area (Å²) in [7, 11) is 1.78. The number of carbonyl (C=O) groups is 1. The number of hydrogen-bond acceptors (Lipinski definition) is 3. The number of rotatable bonds is 6. The molecular weight excluding hydrogens is 274 g/mol. The Bertz CT molecular complexity index is 419. The zero-order valence-electron chi connectivity index (χ0n) is 12.0. The number of carbonyl (C=O) groups excluding carboxylic acids is 1. The van der Waals surface area contributed by atoms with Crippen LogP contribution in [0.1, 0.15) is 24.0 Å². The molecule has 1 saturated heterocycles. The Morgan fingerprint density at radius 3 is 2.50 bits per heavy atom. The lowest BCUT2D eigenvalue weighted by Gasteiger charge is -2.17. The van der Waals surface area contributed by atoms with Crippen molar-refractivity contribution in [3.63, 3.8) is 0 Å². The van der Waals surface area contributed by atoms with E-state index in [4.69, 9.17) is 0 Å². The fourth-order valence-corrected chi connectivity index (χ4v) is 2.48. The molecule has 0 aliphatic carbocycles. The van der Waals surface area contributed by atoms with Crippen LogP contribution in [0.25, 0.3) is 0 Å². The minimum absolute atomic E-state index is 0. The van der Waals surface area contributed by atoms with Gasteiger partial charge in [-0.25, -0.2) is 0 Å². The lowest BCUT2D eigenvalue weighted by atomic mass is 10.1. The molecule has 0 radical (unpaired) electrons.